The predicted molar refractivity (Wildman–Crippen MR) is 137 cm³/mol. The van der Waals surface area contributed by atoms with Crippen LogP contribution in [0.2, 0.25) is 0 Å². The molecule has 2 unspecified atom stereocenters. The number of nitrogens with two attached hydrogens (primary N) is 1. The number of aliphatic hydroxyl groups is 1. The van der Waals surface area contributed by atoms with Gasteiger partial charge in [0.1, 0.15) is 12.2 Å². The van der Waals surface area contributed by atoms with Crippen LogP contribution in [0.4, 0.5) is 11.6 Å². The molecule has 24 heteroatoms. The van der Waals surface area contributed by atoms with E-state index in [1.165, 1.54) is 19.2 Å². The number of benzene rings is 1. The molecule has 4 rings (SSSR count). The molecule has 0 spiro atoms. The Kier molecular flexibility index (Phi) is 9.06. The standard InChI is InChI=1S/C18H23N6O15P3/c1-20-9-5-3-2-4-8(9)17(27)37-13-10(6-35-41(31,32)39-42(33,34)38-40(28,29)30)36-16(12(13)25)24-7-21-11-14(24)22-18(19)23-15(11)26/h2-5,7,10,12-13,16,20,25H,6H2,1H3,(H,31,32)(H,33,34)(H2,28,29,30)(H3,19,22,23,26)/t10-,12-,13-,16-/m1/s1. The number of aromatic nitrogens is 4. The Bertz CT molecular complexity index is 1690. The quantitative estimate of drug-likeness (QED) is 0.0958. The lowest BCUT2D eigenvalue weighted by atomic mass is 10.1. The number of anilines is 2. The van der Waals surface area contributed by atoms with Crippen LogP contribution in [-0.2, 0) is 36.3 Å². The number of phosphoric acid groups is 3. The number of fused-ring (bicyclic) bond motifs is 1. The number of para-hydroxylation sites is 1. The average Bonchev–Trinajstić information content (AvgIpc) is 3.41. The number of imidazole rings is 1. The van der Waals surface area contributed by atoms with Crippen molar-refractivity contribution in [1.82, 2.24) is 19.5 Å². The van der Waals surface area contributed by atoms with Crippen molar-refractivity contribution < 1.29 is 65.8 Å². The van der Waals surface area contributed by atoms with Crippen molar-refractivity contribution in [2.45, 2.75) is 24.5 Å². The van der Waals surface area contributed by atoms with Crippen molar-refractivity contribution in [3.63, 3.8) is 0 Å². The van der Waals surface area contributed by atoms with Crippen LogP contribution >= 0.6 is 23.5 Å². The van der Waals surface area contributed by atoms with Crippen molar-refractivity contribution in [3.05, 3.63) is 46.5 Å². The van der Waals surface area contributed by atoms with E-state index >= 15 is 0 Å². The van der Waals surface area contributed by atoms with Crippen LogP contribution in [0.15, 0.2) is 35.4 Å². The zero-order valence-corrected chi connectivity index (χ0v) is 23.7. The number of esters is 1. The highest BCUT2D eigenvalue weighted by Crippen LogP contribution is 2.66. The molecule has 0 radical (unpaired) electrons. The lowest BCUT2D eigenvalue weighted by Gasteiger charge is -2.22. The minimum Gasteiger partial charge on any atom is -0.453 e. The van der Waals surface area contributed by atoms with Gasteiger partial charge in [0.2, 0.25) is 5.95 Å². The summed E-state index contributed by atoms with van der Waals surface area (Å²) in [5.41, 5.74) is 4.89. The molecule has 0 amide bonds. The Balaban J connectivity index is 1.63. The topological polar surface area (TPSA) is 317 Å². The molecule has 0 aliphatic carbocycles. The van der Waals surface area contributed by atoms with Gasteiger partial charge in [0.15, 0.2) is 23.5 Å². The molecule has 3 heterocycles. The van der Waals surface area contributed by atoms with E-state index in [-0.39, 0.29) is 22.7 Å². The number of aromatic amines is 1. The second kappa shape index (κ2) is 11.9. The summed E-state index contributed by atoms with van der Waals surface area (Å²) in [4.78, 5) is 71.9. The summed E-state index contributed by atoms with van der Waals surface area (Å²) in [5, 5.41) is 13.9. The molecule has 230 valence electrons. The van der Waals surface area contributed by atoms with Crippen molar-refractivity contribution in [2.24, 2.45) is 0 Å². The monoisotopic (exact) mass is 656 g/mol. The fourth-order valence-corrected chi connectivity index (χ4v) is 6.93. The van der Waals surface area contributed by atoms with E-state index in [4.69, 9.17) is 25.0 Å². The average molecular weight is 656 g/mol. The number of carbonyl (C=O) groups excluding carboxylic acids is 1. The van der Waals surface area contributed by atoms with Gasteiger partial charge in [0.05, 0.1) is 18.5 Å². The summed E-state index contributed by atoms with van der Waals surface area (Å²) < 4.78 is 59.0. The van der Waals surface area contributed by atoms with Gasteiger partial charge in [-0.1, -0.05) is 12.1 Å². The van der Waals surface area contributed by atoms with Crippen molar-refractivity contribution >= 4 is 52.2 Å². The van der Waals surface area contributed by atoms with Gasteiger partial charge in [-0.2, -0.15) is 13.6 Å². The molecule has 42 heavy (non-hydrogen) atoms. The third kappa shape index (κ3) is 7.30. The summed E-state index contributed by atoms with van der Waals surface area (Å²) in [6, 6.07) is 6.11. The molecule has 0 saturated carbocycles. The number of carbonyl (C=O) groups is 1. The Morgan fingerprint density at radius 2 is 1.86 bits per heavy atom. The van der Waals surface area contributed by atoms with Crippen LogP contribution in [0.3, 0.4) is 0 Å². The van der Waals surface area contributed by atoms with Crippen LogP contribution in [0.25, 0.3) is 11.2 Å². The highest BCUT2D eigenvalue weighted by Gasteiger charge is 2.50. The van der Waals surface area contributed by atoms with Crippen LogP contribution in [-0.4, -0.2) is 82.1 Å². The Hall–Kier alpha value is -3.03. The van der Waals surface area contributed by atoms with E-state index in [0.29, 0.717) is 5.69 Å². The first kappa shape index (κ1) is 31.9. The highest BCUT2D eigenvalue weighted by atomic mass is 31.3. The predicted octanol–water partition coefficient (Wildman–Crippen LogP) is -0.429. The van der Waals surface area contributed by atoms with E-state index in [1.807, 2.05) is 0 Å². The van der Waals surface area contributed by atoms with E-state index in [1.54, 1.807) is 12.1 Å². The Labute approximate surface area is 233 Å². The number of nitrogen functional groups attached to an aromatic ring is 1. The first-order valence-corrected chi connectivity index (χ1v) is 15.8. The normalized spacial score (nSPS) is 23.8. The summed E-state index contributed by atoms with van der Waals surface area (Å²) >= 11 is 0. The molecular formula is C18H23N6O15P3. The van der Waals surface area contributed by atoms with Crippen LogP contribution in [0.5, 0.6) is 0 Å². The molecule has 1 fully saturated rings. The minimum absolute atomic E-state index is 0.0244. The molecule has 1 saturated heterocycles. The Morgan fingerprint density at radius 1 is 1.17 bits per heavy atom. The Morgan fingerprint density at radius 3 is 2.52 bits per heavy atom. The third-order valence-electron chi connectivity index (χ3n) is 5.51. The molecule has 9 N–H and O–H groups in total. The van der Waals surface area contributed by atoms with Crippen LogP contribution in [0, 0.1) is 0 Å². The maximum Gasteiger partial charge on any atom is 0.490 e. The number of nitrogens with one attached hydrogen (secondary N) is 2. The maximum absolute atomic E-state index is 13.0. The van der Waals surface area contributed by atoms with Crippen molar-refractivity contribution in [3.8, 4) is 0 Å². The largest absolute Gasteiger partial charge is 0.490 e. The van der Waals surface area contributed by atoms with E-state index in [2.05, 4.69) is 33.4 Å². The molecule has 1 aliphatic rings. The molecule has 0 bridgehead atoms. The molecule has 2 aromatic heterocycles. The summed E-state index contributed by atoms with van der Waals surface area (Å²) in [6.07, 6.45) is -5.52. The van der Waals surface area contributed by atoms with Crippen molar-refractivity contribution in [1.29, 1.82) is 0 Å². The van der Waals surface area contributed by atoms with Crippen LogP contribution < -0.4 is 16.6 Å². The number of aliphatic hydroxyl groups excluding tert-OH is 1. The SMILES string of the molecule is CNc1ccccc1C(=O)O[C@H]1[C@@H](O)[C@H](n2cnc3c(=O)[nH]c(N)nc32)O[C@@H]1COP(=O)(O)OP(=O)(O)OP(=O)(O)O. The number of hydrogen-bond acceptors (Lipinski definition) is 15. The molecule has 6 atom stereocenters. The molecule has 21 nitrogen and oxygen atoms in total. The number of H-pyrrole nitrogens is 1. The summed E-state index contributed by atoms with van der Waals surface area (Å²) in [6.45, 7) is -1.08. The number of phosphoric ester groups is 1. The minimum atomic E-state index is -5.83. The lowest BCUT2D eigenvalue weighted by Crippen LogP contribution is -2.38. The first-order valence-electron chi connectivity index (χ1n) is 11.3. The number of rotatable bonds is 11. The number of ether oxygens (including phenoxy) is 2. The molecule has 3 aromatic rings. The summed E-state index contributed by atoms with van der Waals surface area (Å²) in [5.74, 6) is -1.29. The van der Waals surface area contributed by atoms with Gasteiger partial charge in [0.25, 0.3) is 5.56 Å². The lowest BCUT2D eigenvalue weighted by molar-refractivity contribution is -0.0520. The smallest absolute Gasteiger partial charge is 0.453 e. The first-order chi connectivity index (χ1) is 19.5. The van der Waals surface area contributed by atoms with Crippen molar-refractivity contribution in [2.75, 3.05) is 24.7 Å². The van der Waals surface area contributed by atoms with E-state index in [0.717, 1.165) is 10.9 Å². The number of hydrogen-bond donors (Lipinski definition) is 8. The fraction of sp³-hybridized carbons (Fsp3) is 0.333. The van der Waals surface area contributed by atoms with Gasteiger partial charge in [-0.25, -0.2) is 23.5 Å². The van der Waals surface area contributed by atoms with Gasteiger partial charge in [-0.15, -0.1) is 0 Å². The van der Waals surface area contributed by atoms with Gasteiger partial charge in [0, 0.05) is 12.7 Å². The zero-order chi connectivity index (χ0) is 31.0. The maximum atomic E-state index is 13.0. The van der Waals surface area contributed by atoms with Gasteiger partial charge >= 0.3 is 29.4 Å². The van der Waals surface area contributed by atoms with E-state index in [9.17, 15) is 38.2 Å². The van der Waals surface area contributed by atoms with Gasteiger partial charge in [-0.3, -0.25) is 18.9 Å². The third-order valence-corrected chi connectivity index (χ3v) is 9.31. The van der Waals surface area contributed by atoms with Crippen LogP contribution in [0.1, 0.15) is 16.6 Å². The summed E-state index contributed by atoms with van der Waals surface area (Å²) in [7, 11) is -15.6. The highest BCUT2D eigenvalue weighted by molar-refractivity contribution is 7.66. The fourth-order valence-electron chi connectivity index (χ4n) is 3.90. The second-order valence-corrected chi connectivity index (χ2v) is 12.8. The van der Waals surface area contributed by atoms with Gasteiger partial charge < -0.3 is 45.2 Å². The second-order valence-electron chi connectivity index (χ2n) is 8.38. The van der Waals surface area contributed by atoms with E-state index < -0.39 is 66.1 Å². The van der Waals surface area contributed by atoms with Gasteiger partial charge in [-0.05, 0) is 12.1 Å². The molecule has 1 aromatic carbocycles. The molecule has 1 aliphatic heterocycles. The molecular weight excluding hydrogens is 633 g/mol. The zero-order valence-electron chi connectivity index (χ0n) is 21.0. The number of nitrogens with zero attached hydrogens (tertiary/aromatic N) is 3.